The van der Waals surface area contributed by atoms with Gasteiger partial charge in [0.05, 0.1) is 12.7 Å². The summed E-state index contributed by atoms with van der Waals surface area (Å²) in [6.07, 6.45) is 6.12. The quantitative estimate of drug-likeness (QED) is 0.730. The van der Waals surface area contributed by atoms with Crippen molar-refractivity contribution < 1.29 is 9.53 Å². The van der Waals surface area contributed by atoms with Crippen LogP contribution in [0.4, 0.5) is 0 Å². The van der Waals surface area contributed by atoms with Gasteiger partial charge in [0.1, 0.15) is 0 Å². The number of ether oxygens (including phenoxy) is 1. The van der Waals surface area contributed by atoms with Gasteiger partial charge in [-0.15, -0.1) is 0 Å². The zero-order valence-corrected chi connectivity index (χ0v) is 11.2. The summed E-state index contributed by atoms with van der Waals surface area (Å²) in [5, 5.41) is 0.821. The van der Waals surface area contributed by atoms with Crippen LogP contribution in [0, 0.1) is 5.92 Å². The standard InChI is InChI=1S/C12H20BrNO2/c13-8-11-9-14(6-7-16-11)12(15)10-4-2-1-3-5-10/h10-11H,1-9H2. The normalized spacial score (nSPS) is 28.1. The maximum Gasteiger partial charge on any atom is 0.225 e. The number of nitrogens with zero attached hydrogens (tertiary/aromatic N) is 1. The highest BCUT2D eigenvalue weighted by atomic mass is 79.9. The van der Waals surface area contributed by atoms with Crippen molar-refractivity contribution in [3.63, 3.8) is 0 Å². The molecule has 0 bridgehead atoms. The third kappa shape index (κ3) is 2.98. The molecule has 0 spiro atoms. The molecule has 0 aromatic carbocycles. The summed E-state index contributed by atoms with van der Waals surface area (Å²) < 4.78 is 5.55. The first kappa shape index (κ1) is 12.4. The molecule has 4 heteroatoms. The maximum absolute atomic E-state index is 12.3. The molecule has 2 rings (SSSR count). The molecule has 0 N–H and O–H groups in total. The predicted molar refractivity (Wildman–Crippen MR) is 66.7 cm³/mol. The molecule has 0 aromatic rings. The van der Waals surface area contributed by atoms with E-state index in [1.807, 2.05) is 4.90 Å². The molecular weight excluding hydrogens is 270 g/mol. The van der Waals surface area contributed by atoms with E-state index in [4.69, 9.17) is 4.74 Å². The molecule has 2 aliphatic rings. The Labute approximate surface area is 106 Å². The van der Waals surface area contributed by atoms with Gasteiger partial charge in [0.15, 0.2) is 0 Å². The number of amides is 1. The van der Waals surface area contributed by atoms with Crippen molar-refractivity contribution in [2.45, 2.75) is 38.2 Å². The average molecular weight is 290 g/mol. The van der Waals surface area contributed by atoms with E-state index in [0.717, 1.165) is 31.3 Å². The van der Waals surface area contributed by atoms with E-state index in [0.29, 0.717) is 18.4 Å². The third-order valence-corrected chi connectivity index (χ3v) is 4.30. The molecule has 1 saturated heterocycles. The molecule has 1 amide bonds. The minimum atomic E-state index is 0.182. The average Bonchev–Trinajstić information content (AvgIpc) is 2.39. The van der Waals surface area contributed by atoms with Gasteiger partial charge in [-0.1, -0.05) is 35.2 Å². The van der Waals surface area contributed by atoms with E-state index in [2.05, 4.69) is 15.9 Å². The first-order valence-electron chi connectivity index (χ1n) is 6.27. The zero-order valence-electron chi connectivity index (χ0n) is 9.66. The largest absolute Gasteiger partial charge is 0.374 e. The molecule has 1 unspecified atom stereocenters. The molecular formula is C12H20BrNO2. The van der Waals surface area contributed by atoms with E-state index in [1.54, 1.807) is 0 Å². The smallest absolute Gasteiger partial charge is 0.225 e. The van der Waals surface area contributed by atoms with Crippen LogP contribution in [0.15, 0.2) is 0 Å². The topological polar surface area (TPSA) is 29.5 Å². The second kappa shape index (κ2) is 6.01. The molecule has 1 aliphatic carbocycles. The Morgan fingerprint density at radius 1 is 1.31 bits per heavy atom. The van der Waals surface area contributed by atoms with Crippen molar-refractivity contribution in [1.29, 1.82) is 0 Å². The van der Waals surface area contributed by atoms with Crippen molar-refractivity contribution in [3.05, 3.63) is 0 Å². The Bertz CT molecular complexity index is 241. The van der Waals surface area contributed by atoms with Crippen LogP contribution in [-0.4, -0.2) is 41.9 Å². The number of hydrogen-bond acceptors (Lipinski definition) is 2. The number of halogens is 1. The van der Waals surface area contributed by atoms with Gasteiger partial charge in [-0.2, -0.15) is 0 Å². The molecule has 0 aromatic heterocycles. The molecule has 0 radical (unpaired) electrons. The highest BCUT2D eigenvalue weighted by molar-refractivity contribution is 9.09. The second-order valence-corrected chi connectivity index (χ2v) is 5.41. The van der Waals surface area contributed by atoms with Gasteiger partial charge < -0.3 is 9.64 Å². The summed E-state index contributed by atoms with van der Waals surface area (Å²) >= 11 is 3.42. The zero-order chi connectivity index (χ0) is 11.4. The Morgan fingerprint density at radius 2 is 2.06 bits per heavy atom. The highest BCUT2D eigenvalue weighted by Crippen LogP contribution is 2.26. The first-order chi connectivity index (χ1) is 7.81. The van der Waals surface area contributed by atoms with Crippen LogP contribution in [-0.2, 0) is 9.53 Å². The number of alkyl halides is 1. The summed E-state index contributed by atoms with van der Waals surface area (Å²) in [6.45, 7) is 2.23. The summed E-state index contributed by atoms with van der Waals surface area (Å²) in [5.74, 6) is 0.664. The Morgan fingerprint density at radius 3 is 2.75 bits per heavy atom. The Kier molecular flexibility index (Phi) is 4.65. The Balaban J connectivity index is 1.87. The molecule has 1 atom stereocenters. The van der Waals surface area contributed by atoms with Crippen molar-refractivity contribution in [2.75, 3.05) is 25.0 Å². The lowest BCUT2D eigenvalue weighted by atomic mass is 9.88. The van der Waals surface area contributed by atoms with E-state index >= 15 is 0 Å². The van der Waals surface area contributed by atoms with Crippen LogP contribution in [0.1, 0.15) is 32.1 Å². The van der Waals surface area contributed by atoms with Crippen LogP contribution in [0.3, 0.4) is 0 Å². The number of rotatable bonds is 2. The summed E-state index contributed by atoms with van der Waals surface area (Å²) in [4.78, 5) is 14.3. The summed E-state index contributed by atoms with van der Waals surface area (Å²) in [7, 11) is 0. The van der Waals surface area contributed by atoms with Gasteiger partial charge >= 0.3 is 0 Å². The predicted octanol–water partition coefficient (Wildman–Crippen LogP) is 2.19. The number of carbonyl (C=O) groups excluding carboxylic acids is 1. The molecule has 3 nitrogen and oxygen atoms in total. The second-order valence-electron chi connectivity index (χ2n) is 4.77. The minimum absolute atomic E-state index is 0.182. The fourth-order valence-electron chi connectivity index (χ4n) is 2.62. The molecule has 16 heavy (non-hydrogen) atoms. The lowest BCUT2D eigenvalue weighted by molar-refractivity contribution is -0.143. The number of hydrogen-bond donors (Lipinski definition) is 0. The van der Waals surface area contributed by atoms with E-state index in [9.17, 15) is 4.79 Å². The van der Waals surface area contributed by atoms with Gasteiger partial charge in [0, 0.05) is 24.3 Å². The van der Waals surface area contributed by atoms with Gasteiger partial charge in [0.2, 0.25) is 5.91 Å². The van der Waals surface area contributed by atoms with E-state index in [1.165, 1.54) is 19.3 Å². The van der Waals surface area contributed by atoms with Gasteiger partial charge in [0.25, 0.3) is 0 Å². The van der Waals surface area contributed by atoms with Crippen molar-refractivity contribution in [1.82, 2.24) is 4.90 Å². The summed E-state index contributed by atoms with van der Waals surface area (Å²) in [6, 6.07) is 0. The van der Waals surface area contributed by atoms with Crippen LogP contribution in [0.25, 0.3) is 0 Å². The van der Waals surface area contributed by atoms with Crippen LogP contribution in [0.2, 0.25) is 0 Å². The number of carbonyl (C=O) groups is 1. The molecule has 1 saturated carbocycles. The third-order valence-electron chi connectivity index (χ3n) is 3.58. The lowest BCUT2D eigenvalue weighted by Gasteiger charge is -2.35. The SMILES string of the molecule is O=C(C1CCCCC1)N1CCOC(CBr)C1. The van der Waals surface area contributed by atoms with Gasteiger partial charge in [-0.3, -0.25) is 4.79 Å². The van der Waals surface area contributed by atoms with Crippen molar-refractivity contribution >= 4 is 21.8 Å². The van der Waals surface area contributed by atoms with E-state index < -0.39 is 0 Å². The molecule has 2 fully saturated rings. The molecule has 1 heterocycles. The minimum Gasteiger partial charge on any atom is -0.374 e. The summed E-state index contributed by atoms with van der Waals surface area (Å²) in [5.41, 5.74) is 0. The lowest BCUT2D eigenvalue weighted by Crippen LogP contribution is -2.48. The first-order valence-corrected chi connectivity index (χ1v) is 7.39. The van der Waals surface area contributed by atoms with Crippen LogP contribution < -0.4 is 0 Å². The van der Waals surface area contributed by atoms with Crippen LogP contribution >= 0.6 is 15.9 Å². The maximum atomic E-state index is 12.3. The van der Waals surface area contributed by atoms with Crippen LogP contribution in [0.5, 0.6) is 0 Å². The highest BCUT2D eigenvalue weighted by Gasteiger charge is 2.29. The fraction of sp³-hybridized carbons (Fsp3) is 0.917. The fourth-order valence-corrected chi connectivity index (χ4v) is 3.01. The van der Waals surface area contributed by atoms with Gasteiger partial charge in [-0.05, 0) is 12.8 Å². The van der Waals surface area contributed by atoms with Gasteiger partial charge in [-0.25, -0.2) is 0 Å². The monoisotopic (exact) mass is 289 g/mol. The molecule has 92 valence electrons. The van der Waals surface area contributed by atoms with Crippen molar-refractivity contribution in [3.8, 4) is 0 Å². The Hall–Kier alpha value is -0.0900. The van der Waals surface area contributed by atoms with Crippen molar-refractivity contribution in [2.24, 2.45) is 5.92 Å². The number of morpholine rings is 1. The van der Waals surface area contributed by atoms with E-state index in [-0.39, 0.29) is 6.10 Å². The molecule has 1 aliphatic heterocycles.